The number of halogens is 1. The fourth-order valence-electron chi connectivity index (χ4n) is 3.67. The van der Waals surface area contributed by atoms with Crippen molar-refractivity contribution in [3.8, 4) is 0 Å². The summed E-state index contributed by atoms with van der Waals surface area (Å²) in [6.45, 7) is 0. The highest BCUT2D eigenvalue weighted by atomic mass is 35.5. The smallest absolute Gasteiger partial charge is 0.0874 e. The number of oxime groups is 2. The Morgan fingerprint density at radius 1 is 1.08 bits per heavy atom. The molecule has 25 heavy (non-hydrogen) atoms. The number of benzene rings is 2. The van der Waals surface area contributed by atoms with Crippen LogP contribution in [0.1, 0.15) is 42.7 Å². The van der Waals surface area contributed by atoms with Crippen LogP contribution in [0.25, 0.3) is 0 Å². The number of nitrogens with zero attached hydrogens (tertiary/aromatic N) is 2. The molecule has 1 aliphatic rings. The lowest BCUT2D eigenvalue weighted by Crippen LogP contribution is -2.21. The number of hydrogen-bond acceptors (Lipinski definition) is 4. The summed E-state index contributed by atoms with van der Waals surface area (Å²) in [5.74, 6) is 0.198. The van der Waals surface area contributed by atoms with Crippen LogP contribution in [-0.4, -0.2) is 21.8 Å². The average Bonchev–Trinajstić information content (AvgIpc) is 3.13. The predicted molar refractivity (Wildman–Crippen MR) is 100 cm³/mol. The first-order valence-corrected chi connectivity index (χ1v) is 8.83. The Morgan fingerprint density at radius 3 is 2.44 bits per heavy atom. The summed E-state index contributed by atoms with van der Waals surface area (Å²) in [4.78, 5) is 0. The van der Waals surface area contributed by atoms with Gasteiger partial charge in [0.1, 0.15) is 0 Å². The summed E-state index contributed by atoms with van der Waals surface area (Å²) in [5, 5.41) is 26.7. The zero-order chi connectivity index (χ0) is 17.6. The molecule has 5 heteroatoms. The summed E-state index contributed by atoms with van der Waals surface area (Å²) >= 11 is 6.03. The number of rotatable bonds is 5. The van der Waals surface area contributed by atoms with E-state index in [0.717, 1.165) is 36.1 Å². The third-order valence-corrected chi connectivity index (χ3v) is 5.18. The van der Waals surface area contributed by atoms with Gasteiger partial charge in [-0.05, 0) is 48.4 Å². The Kier molecular flexibility index (Phi) is 5.71. The second kappa shape index (κ2) is 8.17. The maximum atomic E-state index is 9.57. The molecule has 2 unspecified atom stereocenters. The Balaban J connectivity index is 1.95. The zero-order valence-corrected chi connectivity index (χ0v) is 14.6. The van der Waals surface area contributed by atoms with Gasteiger partial charge in [0.05, 0.1) is 11.4 Å². The molecule has 0 amide bonds. The van der Waals surface area contributed by atoms with E-state index in [0.29, 0.717) is 17.2 Å². The van der Waals surface area contributed by atoms with Crippen LogP contribution in [-0.2, 0) is 0 Å². The van der Waals surface area contributed by atoms with Crippen LogP contribution in [0.3, 0.4) is 0 Å². The van der Waals surface area contributed by atoms with Crippen molar-refractivity contribution in [3.63, 3.8) is 0 Å². The monoisotopic (exact) mass is 356 g/mol. The van der Waals surface area contributed by atoms with Crippen molar-refractivity contribution in [2.45, 2.75) is 31.6 Å². The largest absolute Gasteiger partial charge is 0.411 e. The van der Waals surface area contributed by atoms with Crippen molar-refractivity contribution < 1.29 is 10.4 Å². The van der Waals surface area contributed by atoms with Gasteiger partial charge in [0.2, 0.25) is 0 Å². The van der Waals surface area contributed by atoms with E-state index < -0.39 is 0 Å². The van der Waals surface area contributed by atoms with Crippen LogP contribution in [0, 0.1) is 5.92 Å². The van der Waals surface area contributed by atoms with Gasteiger partial charge < -0.3 is 10.4 Å². The Morgan fingerprint density at radius 2 is 1.80 bits per heavy atom. The second-order valence-electron chi connectivity index (χ2n) is 6.36. The summed E-state index contributed by atoms with van der Waals surface area (Å²) in [6.07, 6.45) is 3.33. The third-order valence-electron chi connectivity index (χ3n) is 4.93. The van der Waals surface area contributed by atoms with Crippen LogP contribution < -0.4 is 0 Å². The van der Waals surface area contributed by atoms with Crippen LogP contribution in [0.15, 0.2) is 64.9 Å². The first-order chi connectivity index (χ1) is 12.2. The molecule has 130 valence electrons. The molecule has 3 rings (SSSR count). The SMILES string of the molecule is O/N=C(\CC(c1ccc(Cl)cc1)C1CCC/C1=N\O)c1ccccc1. The summed E-state index contributed by atoms with van der Waals surface area (Å²) in [6, 6.07) is 17.4. The van der Waals surface area contributed by atoms with Crippen molar-refractivity contribution in [2.24, 2.45) is 16.2 Å². The molecule has 4 nitrogen and oxygen atoms in total. The van der Waals surface area contributed by atoms with Gasteiger partial charge in [0, 0.05) is 17.4 Å². The molecule has 2 aromatic carbocycles. The number of hydrogen-bond donors (Lipinski definition) is 2. The molecule has 0 spiro atoms. The van der Waals surface area contributed by atoms with Crippen LogP contribution in [0.4, 0.5) is 0 Å². The maximum Gasteiger partial charge on any atom is 0.0874 e. The molecule has 0 saturated heterocycles. The summed E-state index contributed by atoms with van der Waals surface area (Å²) in [5.41, 5.74) is 3.45. The van der Waals surface area contributed by atoms with Gasteiger partial charge in [-0.3, -0.25) is 0 Å². The van der Waals surface area contributed by atoms with Crippen molar-refractivity contribution in [1.29, 1.82) is 0 Å². The fourth-order valence-corrected chi connectivity index (χ4v) is 3.80. The van der Waals surface area contributed by atoms with E-state index in [1.807, 2.05) is 54.6 Å². The molecule has 1 saturated carbocycles. The zero-order valence-electron chi connectivity index (χ0n) is 13.8. The first kappa shape index (κ1) is 17.5. The lowest BCUT2D eigenvalue weighted by atomic mass is 9.79. The molecule has 1 aliphatic carbocycles. The predicted octanol–water partition coefficient (Wildman–Crippen LogP) is 5.32. The molecule has 2 aromatic rings. The van der Waals surface area contributed by atoms with E-state index in [4.69, 9.17) is 11.6 Å². The van der Waals surface area contributed by atoms with Gasteiger partial charge in [-0.2, -0.15) is 0 Å². The van der Waals surface area contributed by atoms with E-state index >= 15 is 0 Å². The molecule has 0 radical (unpaired) electrons. The van der Waals surface area contributed by atoms with Gasteiger partial charge in [0.15, 0.2) is 0 Å². The topological polar surface area (TPSA) is 65.2 Å². The molecule has 2 atom stereocenters. The van der Waals surface area contributed by atoms with Gasteiger partial charge in [-0.15, -0.1) is 0 Å². The van der Waals surface area contributed by atoms with E-state index in [1.165, 1.54) is 0 Å². The van der Waals surface area contributed by atoms with Crippen LogP contribution in [0.2, 0.25) is 5.02 Å². The molecule has 1 fully saturated rings. The molecule has 0 aromatic heterocycles. The Hall–Kier alpha value is -2.33. The van der Waals surface area contributed by atoms with E-state index in [2.05, 4.69) is 10.3 Å². The van der Waals surface area contributed by atoms with Gasteiger partial charge >= 0.3 is 0 Å². The van der Waals surface area contributed by atoms with Crippen LogP contribution in [0.5, 0.6) is 0 Å². The minimum absolute atomic E-state index is 0.0665. The summed E-state index contributed by atoms with van der Waals surface area (Å²) in [7, 11) is 0. The normalized spacial score (nSPS) is 20.8. The Bertz CT molecular complexity index is 757. The van der Waals surface area contributed by atoms with E-state index in [9.17, 15) is 10.4 Å². The second-order valence-corrected chi connectivity index (χ2v) is 6.80. The molecular weight excluding hydrogens is 336 g/mol. The molecule has 0 aliphatic heterocycles. The van der Waals surface area contributed by atoms with Crippen molar-refractivity contribution in [1.82, 2.24) is 0 Å². The summed E-state index contributed by atoms with van der Waals surface area (Å²) < 4.78 is 0. The van der Waals surface area contributed by atoms with Crippen molar-refractivity contribution in [2.75, 3.05) is 0 Å². The lowest BCUT2D eigenvalue weighted by molar-refractivity contribution is 0.312. The molecule has 0 bridgehead atoms. The quantitative estimate of drug-likeness (QED) is 0.432. The highest BCUT2D eigenvalue weighted by Crippen LogP contribution is 2.39. The molecule has 0 heterocycles. The first-order valence-electron chi connectivity index (χ1n) is 8.45. The minimum Gasteiger partial charge on any atom is -0.411 e. The van der Waals surface area contributed by atoms with Gasteiger partial charge in [-0.1, -0.05) is 64.4 Å². The van der Waals surface area contributed by atoms with Gasteiger partial charge in [-0.25, -0.2) is 0 Å². The minimum atomic E-state index is 0.0665. The van der Waals surface area contributed by atoms with Crippen LogP contribution >= 0.6 is 11.6 Å². The van der Waals surface area contributed by atoms with Gasteiger partial charge in [0.25, 0.3) is 0 Å². The molecular formula is C20H21ClN2O2. The highest BCUT2D eigenvalue weighted by molar-refractivity contribution is 6.30. The Labute approximate surface area is 152 Å². The highest BCUT2D eigenvalue weighted by Gasteiger charge is 2.33. The lowest BCUT2D eigenvalue weighted by Gasteiger charge is -2.25. The van der Waals surface area contributed by atoms with Crippen molar-refractivity contribution >= 4 is 23.0 Å². The third kappa shape index (κ3) is 4.02. The van der Waals surface area contributed by atoms with E-state index in [1.54, 1.807) is 0 Å². The standard InChI is InChI=1S/C20H21ClN2O2/c21-16-11-9-14(10-12-16)18(17-7-4-8-19(17)22-24)13-20(23-25)15-5-2-1-3-6-15/h1-3,5-6,9-12,17-18,24-25H,4,7-8,13H2/b22-19+,23-20+. The molecule has 2 N–H and O–H groups in total. The van der Waals surface area contributed by atoms with Crippen molar-refractivity contribution in [3.05, 3.63) is 70.7 Å². The maximum absolute atomic E-state index is 9.57. The fraction of sp³-hybridized carbons (Fsp3) is 0.300. The average molecular weight is 357 g/mol. The van der Waals surface area contributed by atoms with E-state index in [-0.39, 0.29) is 11.8 Å².